The van der Waals surface area contributed by atoms with Crippen molar-refractivity contribution >= 4 is 22.9 Å². The minimum absolute atomic E-state index is 0.0413. The van der Waals surface area contributed by atoms with E-state index in [-0.39, 0.29) is 6.61 Å². The number of methoxy groups -OCH3 is 1. The minimum Gasteiger partial charge on any atom is -0.495 e. The summed E-state index contributed by atoms with van der Waals surface area (Å²) >= 11 is 7.50. The Labute approximate surface area is 102 Å². The van der Waals surface area contributed by atoms with Crippen molar-refractivity contribution in [3.63, 3.8) is 0 Å². The van der Waals surface area contributed by atoms with Crippen LogP contribution < -0.4 is 4.74 Å². The van der Waals surface area contributed by atoms with Gasteiger partial charge in [0, 0.05) is 10.9 Å². The van der Waals surface area contributed by atoms with E-state index < -0.39 is 0 Å². The molecule has 1 aromatic carbocycles. The molecule has 0 aliphatic rings. The smallest absolute Gasteiger partial charge is 0.137 e. The number of ether oxygens (including phenoxy) is 1. The number of thiazole rings is 1. The molecule has 0 atom stereocenters. The molecule has 2 aromatic rings. The molecule has 1 heterocycles. The Hall–Kier alpha value is -1.10. The Morgan fingerprint density at radius 1 is 1.50 bits per heavy atom. The summed E-state index contributed by atoms with van der Waals surface area (Å²) in [5.41, 5.74) is 1.60. The van der Waals surface area contributed by atoms with Crippen LogP contribution in [0, 0.1) is 0 Å². The van der Waals surface area contributed by atoms with E-state index in [9.17, 15) is 0 Å². The predicted molar refractivity (Wildman–Crippen MR) is 65.0 cm³/mol. The third-order valence-corrected chi connectivity index (χ3v) is 3.35. The van der Waals surface area contributed by atoms with Crippen molar-refractivity contribution in [1.82, 2.24) is 4.98 Å². The Bertz CT molecular complexity index is 498. The van der Waals surface area contributed by atoms with E-state index in [1.807, 2.05) is 11.4 Å². The molecule has 0 radical (unpaired) electrons. The molecule has 84 valence electrons. The maximum atomic E-state index is 8.93. The summed E-state index contributed by atoms with van der Waals surface area (Å²) < 4.78 is 5.07. The van der Waals surface area contributed by atoms with Gasteiger partial charge in [0.25, 0.3) is 0 Å². The van der Waals surface area contributed by atoms with Gasteiger partial charge in [0.2, 0.25) is 0 Å². The van der Waals surface area contributed by atoms with Crippen molar-refractivity contribution in [1.29, 1.82) is 0 Å². The van der Waals surface area contributed by atoms with E-state index in [4.69, 9.17) is 21.4 Å². The van der Waals surface area contributed by atoms with E-state index in [1.165, 1.54) is 11.3 Å². The van der Waals surface area contributed by atoms with Crippen molar-refractivity contribution < 1.29 is 9.84 Å². The summed E-state index contributed by atoms with van der Waals surface area (Å²) in [5.74, 6) is 0.643. The molecule has 0 saturated heterocycles. The van der Waals surface area contributed by atoms with Crippen LogP contribution in [0.2, 0.25) is 5.02 Å². The highest BCUT2D eigenvalue weighted by Crippen LogP contribution is 2.31. The van der Waals surface area contributed by atoms with Crippen molar-refractivity contribution in [3.05, 3.63) is 34.3 Å². The Balaban J connectivity index is 2.37. The van der Waals surface area contributed by atoms with E-state index in [1.54, 1.807) is 19.2 Å². The van der Waals surface area contributed by atoms with Gasteiger partial charge in [-0.2, -0.15) is 0 Å². The van der Waals surface area contributed by atoms with Crippen molar-refractivity contribution in [2.24, 2.45) is 0 Å². The fourth-order valence-corrected chi connectivity index (χ4v) is 2.38. The first-order chi connectivity index (χ1) is 7.74. The molecule has 1 N–H and O–H groups in total. The zero-order valence-corrected chi connectivity index (χ0v) is 10.2. The molecule has 0 spiro atoms. The number of aromatic nitrogens is 1. The van der Waals surface area contributed by atoms with E-state index in [0.29, 0.717) is 16.5 Å². The number of benzene rings is 1. The van der Waals surface area contributed by atoms with Gasteiger partial charge >= 0.3 is 0 Å². The molecule has 0 saturated carbocycles. The fraction of sp³-hybridized carbons (Fsp3) is 0.182. The first-order valence-corrected chi connectivity index (χ1v) is 5.89. The van der Waals surface area contributed by atoms with Gasteiger partial charge in [-0.15, -0.1) is 11.3 Å². The van der Waals surface area contributed by atoms with Crippen molar-refractivity contribution in [2.45, 2.75) is 6.61 Å². The highest BCUT2D eigenvalue weighted by atomic mass is 35.5. The van der Waals surface area contributed by atoms with Crippen LogP contribution in [0.3, 0.4) is 0 Å². The van der Waals surface area contributed by atoms with Crippen molar-refractivity contribution in [3.8, 4) is 16.3 Å². The van der Waals surface area contributed by atoms with Gasteiger partial charge in [-0.3, -0.25) is 0 Å². The molecule has 3 nitrogen and oxygen atoms in total. The number of nitrogens with zero attached hydrogens (tertiary/aromatic N) is 1. The number of aliphatic hydroxyl groups is 1. The van der Waals surface area contributed by atoms with Crippen molar-refractivity contribution in [2.75, 3.05) is 7.11 Å². The molecule has 1 aromatic heterocycles. The molecule has 5 heteroatoms. The van der Waals surface area contributed by atoms with Crippen LogP contribution in [0.15, 0.2) is 23.6 Å². The summed E-state index contributed by atoms with van der Waals surface area (Å²) in [6.45, 7) is -0.0413. The first kappa shape index (κ1) is 11.4. The molecule has 0 aliphatic carbocycles. The summed E-state index contributed by atoms with van der Waals surface area (Å²) in [7, 11) is 1.58. The Morgan fingerprint density at radius 2 is 2.31 bits per heavy atom. The summed E-state index contributed by atoms with van der Waals surface area (Å²) in [4.78, 5) is 4.26. The molecule has 2 rings (SSSR count). The Morgan fingerprint density at radius 3 is 2.88 bits per heavy atom. The lowest BCUT2D eigenvalue weighted by Gasteiger charge is -2.03. The number of halogens is 1. The topological polar surface area (TPSA) is 42.4 Å². The normalized spacial score (nSPS) is 10.4. The van der Waals surface area contributed by atoms with Crippen LogP contribution in [0.1, 0.15) is 5.69 Å². The van der Waals surface area contributed by atoms with Gasteiger partial charge in [0.15, 0.2) is 0 Å². The monoisotopic (exact) mass is 255 g/mol. The quantitative estimate of drug-likeness (QED) is 0.917. The standard InChI is InChI=1S/C11H10ClNO2S/c1-15-10-3-2-7(4-9(10)12)11-13-8(5-14)6-16-11/h2-4,6,14H,5H2,1H3. The fourth-order valence-electron chi connectivity index (χ4n) is 1.31. The zero-order valence-electron chi connectivity index (χ0n) is 8.61. The highest BCUT2D eigenvalue weighted by Gasteiger charge is 2.07. The molecule has 0 bridgehead atoms. The SMILES string of the molecule is COc1ccc(-c2nc(CO)cs2)cc1Cl. The summed E-state index contributed by atoms with van der Waals surface area (Å²) in [6.07, 6.45) is 0. The van der Waals surface area contributed by atoms with Crippen LogP contribution in [-0.2, 0) is 6.61 Å². The molecular weight excluding hydrogens is 246 g/mol. The highest BCUT2D eigenvalue weighted by molar-refractivity contribution is 7.13. The third-order valence-electron chi connectivity index (χ3n) is 2.11. The third kappa shape index (κ3) is 2.19. The van der Waals surface area contributed by atoms with Crippen LogP contribution in [0.5, 0.6) is 5.75 Å². The number of aliphatic hydroxyl groups excluding tert-OH is 1. The predicted octanol–water partition coefficient (Wildman–Crippen LogP) is 2.96. The lowest BCUT2D eigenvalue weighted by Crippen LogP contribution is -1.86. The van der Waals surface area contributed by atoms with Gasteiger partial charge in [-0.25, -0.2) is 4.98 Å². The molecule has 16 heavy (non-hydrogen) atoms. The van der Waals surface area contributed by atoms with Gasteiger partial charge in [0.1, 0.15) is 10.8 Å². The van der Waals surface area contributed by atoms with Crippen LogP contribution in [-0.4, -0.2) is 17.2 Å². The molecule has 0 fully saturated rings. The molecule has 0 amide bonds. The lowest BCUT2D eigenvalue weighted by molar-refractivity contribution is 0.278. The average molecular weight is 256 g/mol. The molecule has 0 aliphatic heterocycles. The second-order valence-corrected chi connectivity index (χ2v) is 4.42. The second-order valence-electron chi connectivity index (χ2n) is 3.15. The Kier molecular flexibility index (Phi) is 3.43. The molecular formula is C11H10ClNO2S. The van der Waals surface area contributed by atoms with E-state index >= 15 is 0 Å². The van der Waals surface area contributed by atoms with Crippen LogP contribution in [0.4, 0.5) is 0 Å². The minimum atomic E-state index is -0.0413. The number of hydrogen-bond acceptors (Lipinski definition) is 4. The molecule has 0 unspecified atom stereocenters. The van der Waals surface area contributed by atoms with Crippen LogP contribution >= 0.6 is 22.9 Å². The average Bonchev–Trinajstić information content (AvgIpc) is 2.77. The summed E-state index contributed by atoms with van der Waals surface area (Å²) in [5, 5.41) is 12.2. The lowest BCUT2D eigenvalue weighted by atomic mass is 10.2. The zero-order chi connectivity index (χ0) is 11.5. The van der Waals surface area contributed by atoms with Gasteiger partial charge in [-0.1, -0.05) is 11.6 Å². The van der Waals surface area contributed by atoms with E-state index in [2.05, 4.69) is 4.98 Å². The summed E-state index contributed by atoms with van der Waals surface area (Å²) in [6, 6.07) is 5.50. The first-order valence-electron chi connectivity index (χ1n) is 4.63. The maximum Gasteiger partial charge on any atom is 0.137 e. The van der Waals surface area contributed by atoms with Gasteiger partial charge in [-0.05, 0) is 18.2 Å². The number of rotatable bonds is 3. The maximum absolute atomic E-state index is 8.93. The largest absolute Gasteiger partial charge is 0.495 e. The van der Waals surface area contributed by atoms with Crippen LogP contribution in [0.25, 0.3) is 10.6 Å². The number of hydrogen-bond donors (Lipinski definition) is 1. The van der Waals surface area contributed by atoms with Gasteiger partial charge in [0.05, 0.1) is 24.4 Å². The van der Waals surface area contributed by atoms with E-state index in [0.717, 1.165) is 10.6 Å². The van der Waals surface area contributed by atoms with Gasteiger partial charge < -0.3 is 9.84 Å². The second kappa shape index (κ2) is 4.82.